The Balaban J connectivity index is 1.33. The molecule has 2 heterocycles. The van der Waals surface area contributed by atoms with Gasteiger partial charge in [-0.1, -0.05) is 37.3 Å². The van der Waals surface area contributed by atoms with Gasteiger partial charge in [0.2, 0.25) is 5.91 Å². The van der Waals surface area contributed by atoms with Crippen molar-refractivity contribution in [1.82, 2.24) is 15.5 Å². The zero-order valence-corrected chi connectivity index (χ0v) is 20.3. The van der Waals surface area contributed by atoms with E-state index in [1.807, 2.05) is 0 Å². The number of nitrogens with one attached hydrogen (secondary N) is 2. The molecule has 3 saturated carbocycles. The summed E-state index contributed by atoms with van der Waals surface area (Å²) in [6, 6.07) is 0.687. The van der Waals surface area contributed by atoms with Gasteiger partial charge in [-0.05, 0) is 88.1 Å². The monoisotopic (exact) mass is 459 g/mol. The molecule has 0 bridgehead atoms. The molecular formula is C26H45N5O2. The van der Waals surface area contributed by atoms with Crippen molar-refractivity contribution in [3.05, 3.63) is 0 Å². The predicted molar refractivity (Wildman–Crippen MR) is 130 cm³/mol. The van der Waals surface area contributed by atoms with Gasteiger partial charge in [0, 0.05) is 24.5 Å². The van der Waals surface area contributed by atoms with Crippen molar-refractivity contribution in [3.63, 3.8) is 0 Å². The van der Waals surface area contributed by atoms with Crippen LogP contribution in [-0.2, 0) is 4.79 Å². The Kier molecular flexibility index (Phi) is 7.45. The summed E-state index contributed by atoms with van der Waals surface area (Å²) in [5.74, 6) is 3.81. The fraction of sp³-hybridized carbons (Fsp3) is 0.923. The normalized spacial score (nSPS) is 40.7. The van der Waals surface area contributed by atoms with Crippen LogP contribution in [-0.4, -0.2) is 59.6 Å². The van der Waals surface area contributed by atoms with E-state index in [-0.39, 0.29) is 17.9 Å². The molecule has 0 aromatic carbocycles. The summed E-state index contributed by atoms with van der Waals surface area (Å²) >= 11 is 0. The van der Waals surface area contributed by atoms with Crippen LogP contribution in [0.1, 0.15) is 83.5 Å². The Morgan fingerprint density at radius 2 is 1.76 bits per heavy atom. The molecule has 5 N–H and O–H groups in total. The second-order valence-electron chi connectivity index (χ2n) is 11.7. The largest absolute Gasteiger partial charge is 0.409 e. The van der Waals surface area contributed by atoms with Crippen LogP contribution in [0.5, 0.6) is 0 Å². The second kappa shape index (κ2) is 10.5. The van der Waals surface area contributed by atoms with Gasteiger partial charge >= 0.3 is 0 Å². The number of carbonyl (C=O) groups excluding carboxylic acids is 1. The van der Waals surface area contributed by atoms with E-state index in [9.17, 15) is 10.0 Å². The molecule has 0 aromatic rings. The fourth-order valence-electron chi connectivity index (χ4n) is 8.25. The number of nitrogens with two attached hydrogens (primary N) is 1. The Morgan fingerprint density at radius 3 is 2.58 bits per heavy atom. The molecule has 33 heavy (non-hydrogen) atoms. The highest BCUT2D eigenvalue weighted by molar-refractivity contribution is 5.83. The molecule has 3 aliphatic carbocycles. The summed E-state index contributed by atoms with van der Waals surface area (Å²) in [4.78, 5) is 16.2. The van der Waals surface area contributed by atoms with E-state index in [4.69, 9.17) is 5.73 Å². The standard InChI is InChI=1S/C26H45N5O2/c27-25(30-33)19-9-8-18-14-24(26(32)29-21-10-12-28-13-11-21)31(23(18)15-19)16-20-6-3-5-17-4-1-2-7-22(17)20/h17-24,28,33H,1-16H2,(H2,27,30)(H,29,32). The lowest BCUT2D eigenvalue weighted by Crippen LogP contribution is -2.53. The first-order valence-electron chi connectivity index (χ1n) is 13.9. The van der Waals surface area contributed by atoms with Gasteiger partial charge in [0.25, 0.3) is 0 Å². The molecule has 2 aliphatic heterocycles. The molecule has 0 aromatic heterocycles. The van der Waals surface area contributed by atoms with Gasteiger partial charge in [-0.15, -0.1) is 0 Å². The van der Waals surface area contributed by atoms with Crippen molar-refractivity contribution in [2.45, 2.75) is 102 Å². The topological polar surface area (TPSA) is 103 Å². The van der Waals surface area contributed by atoms with E-state index in [0.717, 1.165) is 75.9 Å². The van der Waals surface area contributed by atoms with E-state index >= 15 is 0 Å². The molecular weight excluding hydrogens is 414 g/mol. The molecule has 5 fully saturated rings. The maximum absolute atomic E-state index is 13.6. The van der Waals surface area contributed by atoms with E-state index in [1.54, 1.807) is 0 Å². The van der Waals surface area contributed by atoms with Crippen molar-refractivity contribution in [3.8, 4) is 0 Å². The van der Waals surface area contributed by atoms with E-state index < -0.39 is 0 Å². The number of hydrogen-bond donors (Lipinski definition) is 4. The van der Waals surface area contributed by atoms with Gasteiger partial charge in [0.05, 0.1) is 6.04 Å². The molecule has 7 nitrogen and oxygen atoms in total. The van der Waals surface area contributed by atoms with Crippen LogP contribution in [0.3, 0.4) is 0 Å². The first-order valence-corrected chi connectivity index (χ1v) is 13.9. The highest BCUT2D eigenvalue weighted by atomic mass is 16.4. The number of hydrogen-bond acceptors (Lipinski definition) is 5. The Bertz CT molecular complexity index is 707. The smallest absolute Gasteiger partial charge is 0.237 e. The quantitative estimate of drug-likeness (QED) is 0.219. The first kappa shape index (κ1) is 23.4. The number of amides is 1. The third-order valence-corrected chi connectivity index (χ3v) is 10.00. The minimum atomic E-state index is -0.00936. The van der Waals surface area contributed by atoms with Crippen LogP contribution >= 0.6 is 0 Å². The Morgan fingerprint density at radius 1 is 0.970 bits per heavy atom. The molecule has 7 atom stereocenters. The molecule has 7 heteroatoms. The van der Waals surface area contributed by atoms with Gasteiger partial charge in [-0.25, -0.2) is 0 Å². The maximum atomic E-state index is 13.6. The summed E-state index contributed by atoms with van der Waals surface area (Å²) in [6.45, 7) is 3.06. The van der Waals surface area contributed by atoms with Crippen LogP contribution in [0.4, 0.5) is 0 Å². The van der Waals surface area contributed by atoms with Crippen LogP contribution in [0, 0.1) is 29.6 Å². The molecule has 5 aliphatic rings. The van der Waals surface area contributed by atoms with Gasteiger partial charge in [0.15, 0.2) is 0 Å². The van der Waals surface area contributed by atoms with Crippen LogP contribution in [0.2, 0.25) is 0 Å². The lowest BCUT2D eigenvalue weighted by atomic mass is 9.65. The number of fused-ring (bicyclic) bond motifs is 2. The molecule has 2 saturated heterocycles. The van der Waals surface area contributed by atoms with Crippen molar-refractivity contribution in [2.75, 3.05) is 19.6 Å². The minimum Gasteiger partial charge on any atom is -0.409 e. The summed E-state index contributed by atoms with van der Waals surface area (Å²) in [6.07, 6.45) is 15.7. The van der Waals surface area contributed by atoms with Crippen LogP contribution in [0.25, 0.3) is 0 Å². The van der Waals surface area contributed by atoms with Crippen molar-refractivity contribution in [1.29, 1.82) is 0 Å². The maximum Gasteiger partial charge on any atom is 0.237 e. The second-order valence-corrected chi connectivity index (χ2v) is 11.7. The molecule has 1 amide bonds. The van der Waals surface area contributed by atoms with Gasteiger partial charge in [-0.3, -0.25) is 9.69 Å². The number of piperidine rings is 1. The third-order valence-electron chi connectivity index (χ3n) is 10.00. The van der Waals surface area contributed by atoms with Gasteiger partial charge in [0.1, 0.15) is 5.84 Å². The highest BCUT2D eigenvalue weighted by Gasteiger charge is 2.49. The SMILES string of the molecule is N/C(=N\O)C1CCC2CC(C(=O)NC3CCNCC3)N(CC3CCCC4CCCCC43)C2C1. The molecule has 7 unspecified atom stereocenters. The summed E-state index contributed by atoms with van der Waals surface area (Å²) in [5.41, 5.74) is 6.06. The van der Waals surface area contributed by atoms with Gasteiger partial charge in [-0.2, -0.15) is 0 Å². The van der Waals surface area contributed by atoms with E-state index in [0.29, 0.717) is 23.8 Å². The number of likely N-dealkylation sites (tertiary alicyclic amines) is 1. The third kappa shape index (κ3) is 5.04. The van der Waals surface area contributed by atoms with Crippen molar-refractivity contribution in [2.24, 2.45) is 40.5 Å². The number of carbonyl (C=O) groups is 1. The Hall–Kier alpha value is -1.34. The van der Waals surface area contributed by atoms with Gasteiger partial charge < -0.3 is 21.6 Å². The average molecular weight is 460 g/mol. The lowest BCUT2D eigenvalue weighted by Gasteiger charge is -2.45. The summed E-state index contributed by atoms with van der Waals surface area (Å²) in [7, 11) is 0. The highest BCUT2D eigenvalue weighted by Crippen LogP contribution is 2.47. The molecule has 5 rings (SSSR count). The Labute approximate surface area is 199 Å². The van der Waals surface area contributed by atoms with E-state index in [2.05, 4.69) is 20.7 Å². The first-order chi connectivity index (χ1) is 16.1. The van der Waals surface area contributed by atoms with Crippen LogP contribution < -0.4 is 16.4 Å². The molecule has 186 valence electrons. The van der Waals surface area contributed by atoms with E-state index in [1.165, 1.54) is 44.9 Å². The number of rotatable bonds is 5. The van der Waals surface area contributed by atoms with Crippen molar-refractivity contribution < 1.29 is 10.0 Å². The average Bonchev–Trinajstić information content (AvgIpc) is 3.22. The zero-order valence-electron chi connectivity index (χ0n) is 20.3. The molecule has 0 radical (unpaired) electrons. The van der Waals surface area contributed by atoms with Crippen LogP contribution in [0.15, 0.2) is 5.16 Å². The summed E-state index contributed by atoms with van der Waals surface area (Å²) < 4.78 is 0. The number of oxime groups is 1. The summed E-state index contributed by atoms with van der Waals surface area (Å²) in [5, 5.41) is 19.5. The number of amidine groups is 1. The lowest BCUT2D eigenvalue weighted by molar-refractivity contribution is -0.127. The molecule has 0 spiro atoms. The predicted octanol–water partition coefficient (Wildman–Crippen LogP) is 3.07. The minimum absolute atomic E-state index is 0.00936. The van der Waals surface area contributed by atoms with Crippen molar-refractivity contribution >= 4 is 11.7 Å². The zero-order chi connectivity index (χ0) is 22.8. The number of nitrogens with zero attached hydrogens (tertiary/aromatic N) is 2. The fourth-order valence-corrected chi connectivity index (χ4v) is 8.25.